The van der Waals surface area contributed by atoms with Gasteiger partial charge in [-0.2, -0.15) is 8.42 Å². The molecule has 24 heavy (non-hydrogen) atoms. The highest BCUT2D eigenvalue weighted by Crippen LogP contribution is 2.17. The molecule has 0 saturated heterocycles. The molecule has 0 radical (unpaired) electrons. The highest BCUT2D eigenvalue weighted by molar-refractivity contribution is 7.85. The molecule has 0 saturated carbocycles. The van der Waals surface area contributed by atoms with E-state index < -0.39 is 44.0 Å². The zero-order valence-electron chi connectivity index (χ0n) is 12.5. The summed E-state index contributed by atoms with van der Waals surface area (Å²) in [7, 11) is -4.62. The smallest absolute Gasteiger partial charge is 0.339 e. The minimum absolute atomic E-state index is 0.162. The van der Waals surface area contributed by atoms with Crippen LogP contribution in [0.5, 0.6) is 0 Å². The average Bonchev–Trinajstić information content (AvgIpc) is 2.49. The Hall–Kier alpha value is -2.72. The SMILES string of the molecule is C=C(C)C(=O)OCCOC(=O)c1ccc(S(=O)(=O)O)cc1C(=O)O. The lowest BCUT2D eigenvalue weighted by Crippen LogP contribution is -2.17. The van der Waals surface area contributed by atoms with E-state index in [4.69, 9.17) is 14.4 Å². The Morgan fingerprint density at radius 2 is 1.71 bits per heavy atom. The molecule has 2 N–H and O–H groups in total. The predicted molar refractivity (Wildman–Crippen MR) is 79.3 cm³/mol. The van der Waals surface area contributed by atoms with Crippen LogP contribution in [0.1, 0.15) is 27.6 Å². The van der Waals surface area contributed by atoms with Gasteiger partial charge in [-0.25, -0.2) is 14.4 Å². The van der Waals surface area contributed by atoms with Gasteiger partial charge < -0.3 is 14.6 Å². The highest BCUT2D eigenvalue weighted by Gasteiger charge is 2.21. The summed E-state index contributed by atoms with van der Waals surface area (Å²) in [6.07, 6.45) is 0. The number of ether oxygens (including phenoxy) is 2. The van der Waals surface area contributed by atoms with Crippen molar-refractivity contribution < 1.29 is 41.9 Å². The summed E-state index contributed by atoms with van der Waals surface area (Å²) in [5.41, 5.74) is -0.912. The largest absolute Gasteiger partial charge is 0.478 e. The van der Waals surface area contributed by atoms with Gasteiger partial charge in [-0.05, 0) is 25.1 Å². The van der Waals surface area contributed by atoms with Gasteiger partial charge in [-0.3, -0.25) is 4.55 Å². The molecule has 0 heterocycles. The second kappa shape index (κ2) is 7.70. The van der Waals surface area contributed by atoms with Gasteiger partial charge in [0.25, 0.3) is 10.1 Å². The van der Waals surface area contributed by atoms with Crippen LogP contribution in [-0.2, 0) is 24.4 Å². The van der Waals surface area contributed by atoms with Crippen molar-refractivity contribution in [2.45, 2.75) is 11.8 Å². The molecule has 9 nitrogen and oxygen atoms in total. The van der Waals surface area contributed by atoms with E-state index >= 15 is 0 Å². The van der Waals surface area contributed by atoms with E-state index in [0.29, 0.717) is 6.07 Å². The van der Waals surface area contributed by atoms with Crippen molar-refractivity contribution in [1.29, 1.82) is 0 Å². The van der Waals surface area contributed by atoms with E-state index in [-0.39, 0.29) is 18.8 Å². The van der Waals surface area contributed by atoms with Crippen LogP contribution in [0.3, 0.4) is 0 Å². The molecule has 0 aliphatic rings. The molecule has 0 aromatic heterocycles. The lowest BCUT2D eigenvalue weighted by Gasteiger charge is -2.09. The summed E-state index contributed by atoms with van der Waals surface area (Å²) in [5, 5.41) is 9.05. The van der Waals surface area contributed by atoms with E-state index in [1.54, 1.807) is 0 Å². The quantitative estimate of drug-likeness (QED) is 0.314. The Bertz CT molecular complexity index is 792. The number of carbonyl (C=O) groups is 3. The van der Waals surface area contributed by atoms with Crippen LogP contribution in [0, 0.1) is 0 Å². The highest BCUT2D eigenvalue weighted by atomic mass is 32.2. The van der Waals surface area contributed by atoms with Gasteiger partial charge in [0.1, 0.15) is 13.2 Å². The molecule has 0 amide bonds. The first-order valence-electron chi connectivity index (χ1n) is 6.38. The summed E-state index contributed by atoms with van der Waals surface area (Å²) in [5.74, 6) is -3.31. The third kappa shape index (κ3) is 5.18. The van der Waals surface area contributed by atoms with E-state index in [0.717, 1.165) is 12.1 Å². The van der Waals surface area contributed by atoms with Crippen molar-refractivity contribution in [2.75, 3.05) is 13.2 Å². The van der Waals surface area contributed by atoms with Crippen molar-refractivity contribution in [2.24, 2.45) is 0 Å². The molecule has 130 valence electrons. The number of carboxylic acids is 1. The number of carbonyl (C=O) groups excluding carboxylic acids is 2. The van der Waals surface area contributed by atoms with E-state index in [1.807, 2.05) is 0 Å². The van der Waals surface area contributed by atoms with Crippen molar-refractivity contribution in [3.05, 3.63) is 41.5 Å². The lowest BCUT2D eigenvalue weighted by molar-refractivity contribution is -0.140. The summed E-state index contributed by atoms with van der Waals surface area (Å²) < 4.78 is 40.4. The number of rotatable bonds is 7. The van der Waals surface area contributed by atoms with Crippen molar-refractivity contribution in [3.8, 4) is 0 Å². The van der Waals surface area contributed by atoms with Gasteiger partial charge in [-0.15, -0.1) is 0 Å². The number of benzene rings is 1. The van der Waals surface area contributed by atoms with Gasteiger partial charge in [-0.1, -0.05) is 6.58 Å². The van der Waals surface area contributed by atoms with Crippen LogP contribution in [0.25, 0.3) is 0 Å². The maximum absolute atomic E-state index is 11.9. The topological polar surface area (TPSA) is 144 Å². The summed E-state index contributed by atoms with van der Waals surface area (Å²) in [6.45, 7) is 4.20. The Morgan fingerprint density at radius 1 is 1.12 bits per heavy atom. The van der Waals surface area contributed by atoms with E-state index in [1.165, 1.54) is 6.92 Å². The van der Waals surface area contributed by atoms with E-state index in [2.05, 4.69) is 11.3 Å². The molecule has 0 atom stereocenters. The standard InChI is InChI=1S/C14H14O9S/c1-8(2)13(17)22-5-6-23-14(18)10-4-3-9(24(19,20)21)7-11(10)12(15)16/h3-4,7H,1,5-6H2,2H3,(H,15,16)(H,19,20,21). The molecule has 0 fully saturated rings. The number of hydrogen-bond acceptors (Lipinski definition) is 7. The first kappa shape index (κ1) is 19.3. The lowest BCUT2D eigenvalue weighted by atomic mass is 10.1. The first-order chi connectivity index (χ1) is 11.0. The molecular weight excluding hydrogens is 344 g/mol. The summed E-state index contributed by atoms with van der Waals surface area (Å²) in [4.78, 5) is 33.4. The number of hydrogen-bond donors (Lipinski definition) is 2. The number of carboxylic acid groups (broad SMARTS) is 1. The Labute approximate surface area is 137 Å². The first-order valence-corrected chi connectivity index (χ1v) is 7.82. The summed E-state index contributed by atoms with van der Waals surface area (Å²) in [6, 6.07) is 2.39. The number of aromatic carboxylic acids is 1. The predicted octanol–water partition coefficient (Wildman–Crippen LogP) is 0.908. The molecule has 1 rings (SSSR count). The van der Waals surface area contributed by atoms with Gasteiger partial charge in [0.05, 0.1) is 16.0 Å². The molecule has 1 aromatic carbocycles. The van der Waals surface area contributed by atoms with Gasteiger partial charge >= 0.3 is 17.9 Å². The van der Waals surface area contributed by atoms with Crippen LogP contribution in [0.15, 0.2) is 35.2 Å². The third-order valence-electron chi connectivity index (χ3n) is 2.64. The van der Waals surface area contributed by atoms with Crippen molar-refractivity contribution in [1.82, 2.24) is 0 Å². The molecule has 10 heteroatoms. The second-order valence-electron chi connectivity index (χ2n) is 4.54. The zero-order valence-corrected chi connectivity index (χ0v) is 13.3. The summed E-state index contributed by atoms with van der Waals surface area (Å²) >= 11 is 0. The van der Waals surface area contributed by atoms with Crippen LogP contribution in [0.2, 0.25) is 0 Å². The fraction of sp³-hybridized carbons (Fsp3) is 0.214. The Balaban J connectivity index is 2.85. The average molecular weight is 358 g/mol. The maximum Gasteiger partial charge on any atom is 0.339 e. The zero-order chi connectivity index (χ0) is 18.5. The molecular formula is C14H14O9S. The number of esters is 2. The fourth-order valence-electron chi connectivity index (χ4n) is 1.51. The molecule has 0 spiro atoms. The van der Waals surface area contributed by atoms with Gasteiger partial charge in [0.15, 0.2) is 0 Å². The van der Waals surface area contributed by atoms with Crippen molar-refractivity contribution >= 4 is 28.0 Å². The minimum atomic E-state index is -4.62. The Kier molecular flexibility index (Phi) is 6.20. The van der Waals surface area contributed by atoms with Crippen LogP contribution < -0.4 is 0 Å². The molecule has 0 unspecified atom stereocenters. The molecule has 0 aliphatic heterocycles. The van der Waals surface area contributed by atoms with Gasteiger partial charge in [0.2, 0.25) is 0 Å². The third-order valence-corrected chi connectivity index (χ3v) is 3.49. The fourth-order valence-corrected chi connectivity index (χ4v) is 2.02. The van der Waals surface area contributed by atoms with Crippen LogP contribution >= 0.6 is 0 Å². The molecule has 0 bridgehead atoms. The normalized spacial score (nSPS) is 10.8. The molecule has 1 aromatic rings. The monoisotopic (exact) mass is 358 g/mol. The Morgan fingerprint density at radius 3 is 2.21 bits per heavy atom. The van der Waals surface area contributed by atoms with Crippen LogP contribution in [0.4, 0.5) is 0 Å². The van der Waals surface area contributed by atoms with Crippen LogP contribution in [-0.4, -0.2) is 49.2 Å². The van der Waals surface area contributed by atoms with Gasteiger partial charge in [0, 0.05) is 5.57 Å². The minimum Gasteiger partial charge on any atom is -0.478 e. The second-order valence-corrected chi connectivity index (χ2v) is 5.96. The maximum atomic E-state index is 11.9. The van der Waals surface area contributed by atoms with E-state index in [9.17, 15) is 22.8 Å². The molecule has 0 aliphatic carbocycles. The van der Waals surface area contributed by atoms with Crippen molar-refractivity contribution in [3.63, 3.8) is 0 Å².